The molecule has 1 N–H and O–H groups in total. The lowest BCUT2D eigenvalue weighted by Gasteiger charge is -2.09. The minimum Gasteiger partial charge on any atom is -0.282 e. The molecule has 90 valence electrons. The fourth-order valence-electron chi connectivity index (χ4n) is 1.11. The number of anilines is 1. The molecule has 0 aliphatic heterocycles. The van der Waals surface area contributed by atoms with Gasteiger partial charge in [0.15, 0.2) is 9.84 Å². The molecule has 0 spiro atoms. The van der Waals surface area contributed by atoms with Gasteiger partial charge < -0.3 is 0 Å². The Labute approximate surface area is 95.5 Å². The summed E-state index contributed by atoms with van der Waals surface area (Å²) < 4.78 is 47.7. The molecule has 0 saturated heterocycles. The molecule has 1 rings (SSSR count). The molecule has 5 nitrogen and oxygen atoms in total. The van der Waals surface area contributed by atoms with Gasteiger partial charge in [0.1, 0.15) is 0 Å². The van der Waals surface area contributed by atoms with Gasteiger partial charge >= 0.3 is 0 Å². The van der Waals surface area contributed by atoms with E-state index in [9.17, 15) is 16.8 Å². The fourth-order valence-corrected chi connectivity index (χ4v) is 2.68. The van der Waals surface area contributed by atoms with E-state index in [4.69, 9.17) is 0 Å². The zero-order valence-electron chi connectivity index (χ0n) is 8.97. The highest BCUT2D eigenvalue weighted by molar-refractivity contribution is 7.93. The minimum atomic E-state index is -3.47. The van der Waals surface area contributed by atoms with E-state index in [1.54, 1.807) is 12.1 Å². The van der Waals surface area contributed by atoms with Gasteiger partial charge in [-0.2, -0.15) is 0 Å². The van der Waals surface area contributed by atoms with Crippen molar-refractivity contribution in [3.05, 3.63) is 24.3 Å². The zero-order valence-corrected chi connectivity index (χ0v) is 10.6. The first-order valence-electron chi connectivity index (χ1n) is 4.56. The molecule has 1 aromatic carbocycles. The molecule has 1 aromatic rings. The molecule has 7 heteroatoms. The SMILES string of the molecule is CCS(=O)(=O)Nc1ccccc1S(C)(=O)=O. The second-order valence-electron chi connectivity index (χ2n) is 3.27. The lowest BCUT2D eigenvalue weighted by molar-refractivity contribution is 0.601. The molecule has 0 aliphatic rings. The van der Waals surface area contributed by atoms with E-state index in [0.29, 0.717) is 0 Å². The van der Waals surface area contributed by atoms with Crippen molar-refractivity contribution in [1.29, 1.82) is 0 Å². The average molecular weight is 263 g/mol. The van der Waals surface area contributed by atoms with Gasteiger partial charge in [-0.15, -0.1) is 0 Å². The summed E-state index contributed by atoms with van der Waals surface area (Å²) in [5.74, 6) is -0.106. The maximum atomic E-state index is 11.4. The van der Waals surface area contributed by atoms with E-state index in [1.807, 2.05) is 0 Å². The molecule has 16 heavy (non-hydrogen) atoms. The van der Waals surface area contributed by atoms with Crippen LogP contribution in [0.15, 0.2) is 29.2 Å². The van der Waals surface area contributed by atoms with Crippen LogP contribution in [0.3, 0.4) is 0 Å². The summed E-state index contributed by atoms with van der Waals surface area (Å²) in [7, 11) is -6.91. The molecule has 0 unspecified atom stereocenters. The van der Waals surface area contributed by atoms with Gasteiger partial charge in [-0.05, 0) is 19.1 Å². The molecular weight excluding hydrogens is 250 g/mol. The van der Waals surface area contributed by atoms with E-state index in [2.05, 4.69) is 4.72 Å². The predicted octanol–water partition coefficient (Wildman–Crippen LogP) is 0.852. The summed E-state index contributed by atoms with van der Waals surface area (Å²) >= 11 is 0. The van der Waals surface area contributed by atoms with Crippen LogP contribution in [0.1, 0.15) is 6.92 Å². The van der Waals surface area contributed by atoms with Gasteiger partial charge in [-0.3, -0.25) is 4.72 Å². The first-order valence-corrected chi connectivity index (χ1v) is 8.10. The Morgan fingerprint density at radius 2 is 1.69 bits per heavy atom. The second kappa shape index (κ2) is 4.42. The van der Waals surface area contributed by atoms with Gasteiger partial charge in [0, 0.05) is 6.26 Å². The fraction of sp³-hybridized carbons (Fsp3) is 0.333. The second-order valence-corrected chi connectivity index (χ2v) is 7.27. The molecule has 0 saturated carbocycles. The Kier molecular flexibility index (Phi) is 3.59. The standard InChI is InChI=1S/C9H13NO4S2/c1-3-16(13,14)10-8-6-4-5-7-9(8)15(2,11)12/h4-7,10H,3H2,1-2H3. The van der Waals surface area contributed by atoms with Crippen LogP contribution >= 0.6 is 0 Å². The molecule has 0 fully saturated rings. The largest absolute Gasteiger partial charge is 0.282 e. The number of hydrogen-bond acceptors (Lipinski definition) is 4. The van der Waals surface area contributed by atoms with Crippen molar-refractivity contribution in [2.24, 2.45) is 0 Å². The number of nitrogens with one attached hydrogen (secondary N) is 1. The molecule has 0 radical (unpaired) electrons. The number of para-hydroxylation sites is 1. The maximum absolute atomic E-state index is 11.4. The van der Waals surface area contributed by atoms with Crippen molar-refractivity contribution in [2.45, 2.75) is 11.8 Å². The van der Waals surface area contributed by atoms with E-state index in [0.717, 1.165) is 6.26 Å². The lowest BCUT2D eigenvalue weighted by Crippen LogP contribution is -2.16. The first kappa shape index (κ1) is 13.0. The molecular formula is C9H13NO4S2. The Morgan fingerprint density at radius 3 is 2.19 bits per heavy atom. The molecule has 0 aromatic heterocycles. The number of sulfone groups is 1. The van der Waals surface area contributed by atoms with Crippen LogP contribution in [-0.2, 0) is 19.9 Å². The summed E-state index contributed by atoms with van der Waals surface area (Å²) in [6.45, 7) is 1.48. The minimum absolute atomic E-state index is 0.0213. The van der Waals surface area contributed by atoms with Gasteiger partial charge in [0.25, 0.3) is 0 Å². The van der Waals surface area contributed by atoms with Crippen LogP contribution in [0, 0.1) is 0 Å². The molecule has 0 bridgehead atoms. The van der Waals surface area contributed by atoms with Crippen LogP contribution in [0.5, 0.6) is 0 Å². The number of sulfonamides is 1. The van der Waals surface area contributed by atoms with Crippen LogP contribution < -0.4 is 4.72 Å². The molecule has 0 heterocycles. The summed E-state index contributed by atoms with van der Waals surface area (Å²) in [5.41, 5.74) is 0.0897. The summed E-state index contributed by atoms with van der Waals surface area (Å²) in [5, 5.41) is 0. The smallest absolute Gasteiger partial charge is 0.232 e. The lowest BCUT2D eigenvalue weighted by atomic mass is 10.3. The summed E-state index contributed by atoms with van der Waals surface area (Å²) in [4.78, 5) is -0.0213. The van der Waals surface area contributed by atoms with Gasteiger partial charge in [-0.1, -0.05) is 12.1 Å². The molecule has 0 amide bonds. The third kappa shape index (κ3) is 3.21. The van der Waals surface area contributed by atoms with Gasteiger partial charge in [0.05, 0.1) is 16.3 Å². The normalized spacial score (nSPS) is 12.4. The van der Waals surface area contributed by atoms with E-state index in [1.165, 1.54) is 19.1 Å². The Balaban J connectivity index is 3.26. The molecule has 0 aliphatic carbocycles. The topological polar surface area (TPSA) is 80.3 Å². The number of benzene rings is 1. The maximum Gasteiger partial charge on any atom is 0.232 e. The first-order chi connectivity index (χ1) is 7.26. The van der Waals surface area contributed by atoms with Crippen molar-refractivity contribution in [1.82, 2.24) is 0 Å². The quantitative estimate of drug-likeness (QED) is 0.873. The van der Waals surface area contributed by atoms with E-state index in [-0.39, 0.29) is 16.3 Å². The zero-order chi connectivity index (χ0) is 12.4. The highest BCUT2D eigenvalue weighted by Crippen LogP contribution is 2.21. The highest BCUT2D eigenvalue weighted by atomic mass is 32.2. The number of hydrogen-bond donors (Lipinski definition) is 1. The van der Waals surface area contributed by atoms with Crippen molar-refractivity contribution >= 4 is 25.5 Å². The van der Waals surface area contributed by atoms with Crippen LogP contribution in [-0.4, -0.2) is 28.8 Å². The summed E-state index contributed by atoms with van der Waals surface area (Å²) in [6.07, 6.45) is 1.03. The Bertz CT molecular complexity index is 575. The highest BCUT2D eigenvalue weighted by Gasteiger charge is 2.16. The van der Waals surface area contributed by atoms with Crippen LogP contribution in [0.4, 0.5) is 5.69 Å². The van der Waals surface area contributed by atoms with Crippen molar-refractivity contribution in [3.63, 3.8) is 0 Å². The summed E-state index contributed by atoms with van der Waals surface area (Å²) in [6, 6.07) is 5.90. The van der Waals surface area contributed by atoms with E-state index >= 15 is 0 Å². The Morgan fingerprint density at radius 1 is 1.12 bits per heavy atom. The van der Waals surface area contributed by atoms with Crippen LogP contribution in [0.2, 0.25) is 0 Å². The van der Waals surface area contributed by atoms with Crippen molar-refractivity contribution in [3.8, 4) is 0 Å². The van der Waals surface area contributed by atoms with Crippen molar-refractivity contribution in [2.75, 3.05) is 16.7 Å². The van der Waals surface area contributed by atoms with Crippen LogP contribution in [0.25, 0.3) is 0 Å². The number of rotatable bonds is 4. The molecule has 0 atom stereocenters. The van der Waals surface area contributed by atoms with Gasteiger partial charge in [0.2, 0.25) is 10.0 Å². The van der Waals surface area contributed by atoms with Gasteiger partial charge in [-0.25, -0.2) is 16.8 Å². The van der Waals surface area contributed by atoms with E-state index < -0.39 is 19.9 Å². The Hall–Kier alpha value is -1.08. The average Bonchev–Trinajstić information content (AvgIpc) is 2.16. The van der Waals surface area contributed by atoms with Crippen molar-refractivity contribution < 1.29 is 16.8 Å². The monoisotopic (exact) mass is 263 g/mol. The third-order valence-corrected chi connectivity index (χ3v) is 4.38. The third-order valence-electron chi connectivity index (χ3n) is 1.93. The predicted molar refractivity (Wildman–Crippen MR) is 62.6 cm³/mol.